The molecule has 50 valence electrons. The van der Waals surface area contributed by atoms with E-state index in [-0.39, 0.29) is 5.88 Å². The zero-order chi connectivity index (χ0) is 6.85. The first-order valence-electron chi connectivity index (χ1n) is 2.23. The van der Waals surface area contributed by atoms with Gasteiger partial charge in [0.1, 0.15) is 0 Å². The minimum absolute atomic E-state index is 0.268. The van der Waals surface area contributed by atoms with Gasteiger partial charge in [0.05, 0.1) is 5.88 Å². The highest BCUT2D eigenvalue weighted by Gasteiger charge is 1.97. The number of nitrogens with two attached hydrogens (primary N) is 1. The summed E-state index contributed by atoms with van der Waals surface area (Å²) in [4.78, 5) is 0. The molecule has 1 aromatic rings. The van der Waals surface area contributed by atoms with Crippen LogP contribution < -0.4 is 5.84 Å². The Labute approximate surface area is 61.6 Å². The highest BCUT2D eigenvalue weighted by molar-refractivity contribution is 7.71. The molecular formula is C3H5ClN4S. The van der Waals surface area contributed by atoms with Crippen molar-refractivity contribution < 1.29 is 0 Å². The normalized spacial score (nSPS) is 9.89. The molecule has 0 aromatic carbocycles. The molecule has 0 aliphatic rings. The summed E-state index contributed by atoms with van der Waals surface area (Å²) in [5.41, 5.74) is 0. The Morgan fingerprint density at radius 3 is 2.78 bits per heavy atom. The molecule has 6 heteroatoms. The molecule has 0 saturated carbocycles. The maximum atomic E-state index is 5.42. The molecule has 0 spiro atoms. The molecule has 3 N–H and O–H groups in total. The lowest BCUT2D eigenvalue weighted by Gasteiger charge is -1.90. The van der Waals surface area contributed by atoms with Crippen molar-refractivity contribution in [2.24, 2.45) is 0 Å². The van der Waals surface area contributed by atoms with Gasteiger partial charge in [-0.25, -0.2) is 4.68 Å². The molecule has 0 atom stereocenters. The summed E-state index contributed by atoms with van der Waals surface area (Å²) in [6.07, 6.45) is 0. The number of nitrogens with one attached hydrogen (secondary N) is 1. The van der Waals surface area contributed by atoms with Gasteiger partial charge >= 0.3 is 0 Å². The van der Waals surface area contributed by atoms with Crippen LogP contribution in [0.3, 0.4) is 0 Å². The highest BCUT2D eigenvalue weighted by atomic mass is 35.5. The fourth-order valence-corrected chi connectivity index (χ4v) is 0.771. The Bertz CT molecular complexity index is 251. The molecule has 4 nitrogen and oxygen atoms in total. The topological polar surface area (TPSA) is 59.6 Å². The number of H-pyrrole nitrogens is 1. The first kappa shape index (κ1) is 6.57. The standard InChI is InChI=1S/C3H5ClN4S/c4-1-2-6-7-3(9)8(2)5/h1,5H2,(H,7,9). The number of nitrogen functional groups attached to an aromatic ring is 1. The maximum Gasteiger partial charge on any atom is 0.214 e. The second-order valence-corrected chi connectivity index (χ2v) is 2.10. The Balaban J connectivity index is 3.20. The predicted molar refractivity (Wildman–Crippen MR) is 37.1 cm³/mol. The van der Waals surface area contributed by atoms with Crippen LogP contribution in [-0.4, -0.2) is 14.9 Å². The van der Waals surface area contributed by atoms with Crippen molar-refractivity contribution in [2.45, 2.75) is 5.88 Å². The van der Waals surface area contributed by atoms with Gasteiger partial charge in [-0.05, 0) is 12.2 Å². The molecule has 1 rings (SSSR count). The van der Waals surface area contributed by atoms with E-state index in [4.69, 9.17) is 29.7 Å². The Morgan fingerprint density at radius 2 is 2.56 bits per heavy atom. The van der Waals surface area contributed by atoms with Crippen molar-refractivity contribution in [1.29, 1.82) is 0 Å². The van der Waals surface area contributed by atoms with Gasteiger partial charge in [-0.3, -0.25) is 5.10 Å². The molecule has 0 bridgehead atoms. The zero-order valence-corrected chi connectivity index (χ0v) is 6.04. The number of hydrogen-bond acceptors (Lipinski definition) is 3. The van der Waals surface area contributed by atoms with Crippen molar-refractivity contribution >= 4 is 23.8 Å². The largest absolute Gasteiger partial charge is 0.335 e. The fraction of sp³-hybridized carbons (Fsp3) is 0.333. The molecule has 0 amide bonds. The van der Waals surface area contributed by atoms with E-state index in [1.165, 1.54) is 4.68 Å². The summed E-state index contributed by atoms with van der Waals surface area (Å²) in [6.45, 7) is 0. The minimum Gasteiger partial charge on any atom is -0.335 e. The third-order valence-corrected chi connectivity index (χ3v) is 1.42. The number of rotatable bonds is 1. The van der Waals surface area contributed by atoms with Crippen LogP contribution in [0.2, 0.25) is 0 Å². The van der Waals surface area contributed by atoms with Crippen LogP contribution in [0.25, 0.3) is 0 Å². The van der Waals surface area contributed by atoms with E-state index in [1.807, 2.05) is 0 Å². The summed E-state index contributed by atoms with van der Waals surface area (Å²) in [5.74, 6) is 6.16. The summed E-state index contributed by atoms with van der Waals surface area (Å²) < 4.78 is 1.62. The molecule has 0 unspecified atom stereocenters. The molecule has 9 heavy (non-hydrogen) atoms. The average molecular weight is 165 g/mol. The SMILES string of the molecule is Nn1c(CCl)n[nH]c1=S. The van der Waals surface area contributed by atoms with Gasteiger partial charge < -0.3 is 5.84 Å². The van der Waals surface area contributed by atoms with Crippen LogP contribution in [0.15, 0.2) is 0 Å². The third-order valence-electron chi connectivity index (χ3n) is 0.897. The van der Waals surface area contributed by atoms with E-state index in [2.05, 4.69) is 10.2 Å². The number of halogens is 1. The zero-order valence-electron chi connectivity index (χ0n) is 4.47. The first-order valence-corrected chi connectivity index (χ1v) is 3.17. The Hall–Kier alpha value is -0.550. The van der Waals surface area contributed by atoms with Gasteiger partial charge in [0.2, 0.25) is 4.77 Å². The van der Waals surface area contributed by atoms with Crippen molar-refractivity contribution in [2.75, 3.05) is 5.84 Å². The predicted octanol–water partition coefficient (Wildman–Crippen LogP) is 0.393. The van der Waals surface area contributed by atoms with Crippen molar-refractivity contribution in [3.63, 3.8) is 0 Å². The van der Waals surface area contributed by atoms with Crippen molar-refractivity contribution in [3.05, 3.63) is 10.6 Å². The lowest BCUT2D eigenvalue weighted by Crippen LogP contribution is -2.11. The summed E-state index contributed by atoms with van der Waals surface area (Å²) in [5, 5.41) is 6.22. The fourth-order valence-electron chi connectivity index (χ4n) is 0.432. The molecular weight excluding hydrogens is 160 g/mol. The van der Waals surface area contributed by atoms with Gasteiger partial charge in [-0.2, -0.15) is 5.10 Å². The molecule has 0 saturated heterocycles. The monoisotopic (exact) mass is 164 g/mol. The van der Waals surface area contributed by atoms with E-state index in [9.17, 15) is 0 Å². The number of aromatic amines is 1. The Morgan fingerprint density at radius 1 is 1.89 bits per heavy atom. The van der Waals surface area contributed by atoms with E-state index >= 15 is 0 Å². The van der Waals surface area contributed by atoms with E-state index < -0.39 is 0 Å². The molecule has 0 fully saturated rings. The summed E-state index contributed by atoms with van der Waals surface area (Å²) in [7, 11) is 0. The van der Waals surface area contributed by atoms with E-state index in [0.29, 0.717) is 10.6 Å². The number of nitrogens with zero attached hydrogens (tertiary/aromatic N) is 2. The molecule has 0 aliphatic heterocycles. The van der Waals surface area contributed by atoms with Crippen LogP contribution in [0, 0.1) is 4.77 Å². The lowest BCUT2D eigenvalue weighted by atomic mass is 10.7. The lowest BCUT2D eigenvalue weighted by molar-refractivity contribution is 0.903. The van der Waals surface area contributed by atoms with Crippen LogP contribution >= 0.6 is 23.8 Å². The molecule has 0 radical (unpaired) electrons. The highest BCUT2D eigenvalue weighted by Crippen LogP contribution is 1.94. The number of hydrogen-bond donors (Lipinski definition) is 2. The van der Waals surface area contributed by atoms with E-state index in [0.717, 1.165) is 0 Å². The number of aromatic nitrogens is 3. The first-order chi connectivity index (χ1) is 4.25. The van der Waals surface area contributed by atoms with Crippen LogP contribution in [0.1, 0.15) is 5.82 Å². The minimum atomic E-state index is 0.268. The van der Waals surface area contributed by atoms with Crippen LogP contribution in [0.5, 0.6) is 0 Å². The maximum absolute atomic E-state index is 5.42. The van der Waals surface area contributed by atoms with Crippen molar-refractivity contribution in [1.82, 2.24) is 14.9 Å². The second kappa shape index (κ2) is 2.36. The number of alkyl halides is 1. The molecule has 1 heterocycles. The van der Waals surface area contributed by atoms with Gasteiger partial charge in [0.15, 0.2) is 5.82 Å². The summed E-state index contributed by atoms with van der Waals surface area (Å²) in [6, 6.07) is 0. The van der Waals surface area contributed by atoms with Gasteiger partial charge in [0.25, 0.3) is 0 Å². The van der Waals surface area contributed by atoms with Crippen molar-refractivity contribution in [3.8, 4) is 0 Å². The summed E-state index contributed by atoms with van der Waals surface area (Å²) >= 11 is 10.1. The van der Waals surface area contributed by atoms with Crippen LogP contribution in [-0.2, 0) is 5.88 Å². The van der Waals surface area contributed by atoms with E-state index in [1.54, 1.807) is 0 Å². The van der Waals surface area contributed by atoms with Gasteiger partial charge in [-0.15, -0.1) is 11.6 Å². The Kier molecular flexibility index (Phi) is 1.73. The second-order valence-electron chi connectivity index (χ2n) is 1.45. The van der Waals surface area contributed by atoms with Gasteiger partial charge in [-0.1, -0.05) is 0 Å². The van der Waals surface area contributed by atoms with Crippen LogP contribution in [0.4, 0.5) is 0 Å². The van der Waals surface area contributed by atoms with Gasteiger partial charge in [0, 0.05) is 0 Å². The quantitative estimate of drug-likeness (QED) is 0.359. The third kappa shape index (κ3) is 1.06. The smallest absolute Gasteiger partial charge is 0.214 e. The molecule has 1 aromatic heterocycles. The average Bonchev–Trinajstić information content (AvgIpc) is 2.15. The molecule has 0 aliphatic carbocycles.